The highest BCUT2D eigenvalue weighted by molar-refractivity contribution is 5.23. The van der Waals surface area contributed by atoms with Crippen LogP contribution < -0.4 is 5.32 Å². The van der Waals surface area contributed by atoms with Crippen LogP contribution in [0.3, 0.4) is 0 Å². The Morgan fingerprint density at radius 1 is 1.37 bits per heavy atom. The van der Waals surface area contributed by atoms with Crippen LogP contribution in [-0.4, -0.2) is 56.1 Å². The van der Waals surface area contributed by atoms with Crippen molar-refractivity contribution >= 4 is 0 Å². The molecule has 1 fully saturated rings. The first kappa shape index (κ1) is 14.6. The molecule has 1 N–H and O–H groups in total. The van der Waals surface area contributed by atoms with Gasteiger partial charge in [0.25, 0.3) is 0 Å². The van der Waals surface area contributed by atoms with Crippen molar-refractivity contribution in [2.45, 2.75) is 26.8 Å². The second kappa shape index (κ2) is 6.55. The molecular formula is C15H27N3O. The third kappa shape index (κ3) is 3.81. The number of piperazine rings is 1. The third-order valence-corrected chi connectivity index (χ3v) is 4.17. The van der Waals surface area contributed by atoms with E-state index < -0.39 is 0 Å². The molecule has 2 heterocycles. The lowest BCUT2D eigenvalue weighted by Gasteiger charge is -2.31. The van der Waals surface area contributed by atoms with Gasteiger partial charge in [-0.3, -0.25) is 9.80 Å². The Kier molecular flexibility index (Phi) is 5.02. The van der Waals surface area contributed by atoms with Gasteiger partial charge in [0, 0.05) is 50.9 Å². The normalized spacial score (nSPS) is 19.0. The Morgan fingerprint density at radius 3 is 2.63 bits per heavy atom. The number of aryl methyl sites for hydroxylation is 2. The predicted octanol–water partition coefficient (Wildman–Crippen LogP) is 1.79. The van der Waals surface area contributed by atoms with E-state index in [0.717, 1.165) is 37.7 Å². The van der Waals surface area contributed by atoms with Crippen molar-refractivity contribution in [3.63, 3.8) is 0 Å². The summed E-state index contributed by atoms with van der Waals surface area (Å²) in [7, 11) is 2.20. The average Bonchev–Trinajstić information content (AvgIpc) is 2.75. The number of hydrogen-bond acceptors (Lipinski definition) is 4. The van der Waals surface area contributed by atoms with Gasteiger partial charge in [0.05, 0.1) is 0 Å². The molecule has 1 aliphatic heterocycles. The lowest BCUT2D eigenvalue weighted by molar-refractivity contribution is 0.182. The largest absolute Gasteiger partial charge is 0.466 e. The molecule has 0 saturated carbocycles. The van der Waals surface area contributed by atoms with Crippen molar-refractivity contribution in [1.82, 2.24) is 15.1 Å². The Labute approximate surface area is 116 Å². The molecular weight excluding hydrogens is 238 g/mol. The predicted molar refractivity (Wildman–Crippen MR) is 78.5 cm³/mol. The molecule has 0 spiro atoms. The Bertz CT molecular complexity index is 396. The van der Waals surface area contributed by atoms with E-state index >= 15 is 0 Å². The van der Waals surface area contributed by atoms with E-state index in [4.69, 9.17) is 4.42 Å². The van der Waals surface area contributed by atoms with Crippen LogP contribution in [0, 0.1) is 13.8 Å². The summed E-state index contributed by atoms with van der Waals surface area (Å²) in [5.41, 5.74) is 1.32. The van der Waals surface area contributed by atoms with E-state index in [0.29, 0.717) is 6.04 Å². The summed E-state index contributed by atoms with van der Waals surface area (Å²) in [5.74, 6) is 2.06. The standard InChI is InChI=1S/C15H27N3O/c1-12-11-15(14(3)19-12)13(2)17(4)9-10-18-7-5-16-6-8-18/h11,13,16H,5-10H2,1-4H3. The maximum atomic E-state index is 5.63. The van der Waals surface area contributed by atoms with Crippen LogP contribution in [-0.2, 0) is 0 Å². The van der Waals surface area contributed by atoms with Gasteiger partial charge in [-0.2, -0.15) is 0 Å². The van der Waals surface area contributed by atoms with Crippen LogP contribution in [0.5, 0.6) is 0 Å². The van der Waals surface area contributed by atoms with Gasteiger partial charge in [-0.25, -0.2) is 0 Å². The van der Waals surface area contributed by atoms with Crippen molar-refractivity contribution in [2.75, 3.05) is 46.3 Å². The van der Waals surface area contributed by atoms with E-state index in [-0.39, 0.29) is 0 Å². The SMILES string of the molecule is Cc1cc(C(C)N(C)CCN2CCNCC2)c(C)o1. The van der Waals surface area contributed by atoms with Crippen LogP contribution >= 0.6 is 0 Å². The lowest BCUT2D eigenvalue weighted by Crippen LogP contribution is -2.46. The molecule has 0 amide bonds. The van der Waals surface area contributed by atoms with Crippen molar-refractivity contribution in [1.29, 1.82) is 0 Å². The van der Waals surface area contributed by atoms with Crippen molar-refractivity contribution in [2.24, 2.45) is 0 Å². The summed E-state index contributed by atoms with van der Waals surface area (Å²) in [6, 6.07) is 2.58. The molecule has 108 valence electrons. The van der Waals surface area contributed by atoms with E-state index in [1.165, 1.54) is 18.7 Å². The molecule has 0 aliphatic carbocycles. The molecule has 1 aromatic rings. The molecule has 1 aromatic heterocycles. The van der Waals surface area contributed by atoms with E-state index in [1.54, 1.807) is 0 Å². The highest BCUT2D eigenvalue weighted by Crippen LogP contribution is 2.25. The first-order valence-electron chi connectivity index (χ1n) is 7.28. The molecule has 19 heavy (non-hydrogen) atoms. The van der Waals surface area contributed by atoms with Crippen LogP contribution in [0.2, 0.25) is 0 Å². The lowest BCUT2D eigenvalue weighted by atomic mass is 10.1. The number of furan rings is 1. The summed E-state index contributed by atoms with van der Waals surface area (Å²) in [6.07, 6.45) is 0. The molecule has 1 aliphatic rings. The monoisotopic (exact) mass is 265 g/mol. The number of nitrogens with zero attached hydrogens (tertiary/aromatic N) is 2. The van der Waals surface area contributed by atoms with Gasteiger partial charge < -0.3 is 9.73 Å². The number of hydrogen-bond donors (Lipinski definition) is 1. The zero-order valence-corrected chi connectivity index (χ0v) is 12.7. The van der Waals surface area contributed by atoms with E-state index in [9.17, 15) is 0 Å². The topological polar surface area (TPSA) is 31.6 Å². The molecule has 0 aromatic carbocycles. The minimum atomic E-state index is 0.417. The molecule has 4 nitrogen and oxygen atoms in total. The fraction of sp³-hybridized carbons (Fsp3) is 0.733. The van der Waals surface area contributed by atoms with Gasteiger partial charge >= 0.3 is 0 Å². The van der Waals surface area contributed by atoms with Gasteiger partial charge in [-0.05, 0) is 33.9 Å². The third-order valence-electron chi connectivity index (χ3n) is 4.17. The van der Waals surface area contributed by atoms with Gasteiger partial charge in [0.2, 0.25) is 0 Å². The highest BCUT2D eigenvalue weighted by atomic mass is 16.3. The summed E-state index contributed by atoms with van der Waals surface area (Å²) >= 11 is 0. The van der Waals surface area contributed by atoms with Crippen LogP contribution in [0.4, 0.5) is 0 Å². The summed E-state index contributed by atoms with van der Waals surface area (Å²) in [4.78, 5) is 4.95. The fourth-order valence-electron chi connectivity index (χ4n) is 2.73. The smallest absolute Gasteiger partial charge is 0.105 e. The Hall–Kier alpha value is -0.840. The molecule has 0 bridgehead atoms. The number of likely N-dealkylation sites (N-methyl/N-ethyl adjacent to an activating group) is 1. The second-order valence-electron chi connectivity index (χ2n) is 5.62. The summed E-state index contributed by atoms with van der Waals surface area (Å²) in [5, 5.41) is 3.39. The summed E-state index contributed by atoms with van der Waals surface area (Å²) < 4.78 is 5.63. The quantitative estimate of drug-likeness (QED) is 0.879. The highest BCUT2D eigenvalue weighted by Gasteiger charge is 2.18. The van der Waals surface area contributed by atoms with Crippen molar-refractivity contribution in [3.05, 3.63) is 23.2 Å². The number of rotatable bonds is 5. The van der Waals surface area contributed by atoms with Gasteiger partial charge in [0.15, 0.2) is 0 Å². The Morgan fingerprint density at radius 2 is 2.05 bits per heavy atom. The van der Waals surface area contributed by atoms with Gasteiger partial charge in [-0.15, -0.1) is 0 Å². The maximum Gasteiger partial charge on any atom is 0.105 e. The van der Waals surface area contributed by atoms with Crippen molar-refractivity contribution < 1.29 is 4.42 Å². The number of nitrogens with one attached hydrogen (secondary N) is 1. The first-order chi connectivity index (χ1) is 9.08. The van der Waals surface area contributed by atoms with E-state index in [1.807, 2.05) is 6.92 Å². The fourth-order valence-corrected chi connectivity index (χ4v) is 2.73. The maximum absolute atomic E-state index is 5.63. The van der Waals surface area contributed by atoms with Gasteiger partial charge in [0.1, 0.15) is 11.5 Å². The minimum Gasteiger partial charge on any atom is -0.466 e. The van der Waals surface area contributed by atoms with E-state index in [2.05, 4.69) is 42.1 Å². The molecule has 4 heteroatoms. The zero-order chi connectivity index (χ0) is 13.8. The van der Waals surface area contributed by atoms with Crippen LogP contribution in [0.25, 0.3) is 0 Å². The molecule has 0 radical (unpaired) electrons. The second-order valence-corrected chi connectivity index (χ2v) is 5.62. The molecule has 1 unspecified atom stereocenters. The first-order valence-corrected chi connectivity index (χ1v) is 7.28. The minimum absolute atomic E-state index is 0.417. The molecule has 1 atom stereocenters. The van der Waals surface area contributed by atoms with Crippen LogP contribution in [0.15, 0.2) is 10.5 Å². The average molecular weight is 265 g/mol. The van der Waals surface area contributed by atoms with Crippen molar-refractivity contribution in [3.8, 4) is 0 Å². The van der Waals surface area contributed by atoms with Gasteiger partial charge in [-0.1, -0.05) is 0 Å². The molecule has 1 saturated heterocycles. The molecule has 2 rings (SSSR count). The van der Waals surface area contributed by atoms with Crippen LogP contribution in [0.1, 0.15) is 30.0 Å². The zero-order valence-electron chi connectivity index (χ0n) is 12.7. The Balaban J connectivity index is 1.84. The summed E-state index contributed by atoms with van der Waals surface area (Å²) in [6.45, 7) is 13.2.